The SMILES string of the molecule is CO/C=C(\C(=O)OC)c1ccccc1COc1cc(C(F)(F)F)nc(Nc2ccc(Cl)cc2Cl)n1. The molecule has 0 saturated heterocycles. The van der Waals surface area contributed by atoms with Crippen LogP contribution in [-0.2, 0) is 27.1 Å². The number of halogens is 5. The molecule has 0 amide bonds. The largest absolute Gasteiger partial charge is 0.503 e. The van der Waals surface area contributed by atoms with Gasteiger partial charge < -0.3 is 19.5 Å². The number of nitrogens with zero attached hydrogens (tertiary/aromatic N) is 2. The summed E-state index contributed by atoms with van der Waals surface area (Å²) in [7, 11) is 2.58. The smallest absolute Gasteiger partial charge is 0.433 e. The maximum absolute atomic E-state index is 13.5. The minimum Gasteiger partial charge on any atom is -0.503 e. The number of anilines is 2. The molecule has 0 aliphatic rings. The molecule has 0 saturated carbocycles. The lowest BCUT2D eigenvalue weighted by molar-refractivity contribution is -0.141. The molecule has 0 bridgehead atoms. The van der Waals surface area contributed by atoms with Gasteiger partial charge in [0, 0.05) is 11.1 Å². The number of hydrogen-bond acceptors (Lipinski definition) is 7. The standard InChI is InChI=1S/C23H18Cl2F3N3O4/c1-33-12-16(21(32)34-2)15-6-4-3-5-13(15)11-35-20-10-19(23(26,27)28)30-22(31-20)29-18-8-7-14(24)9-17(18)25/h3-10,12H,11H2,1-2H3,(H,29,30,31)/b16-12-. The van der Waals surface area contributed by atoms with Crippen LogP contribution in [0.3, 0.4) is 0 Å². The fourth-order valence-corrected chi connectivity index (χ4v) is 3.38. The zero-order valence-corrected chi connectivity index (χ0v) is 19.8. The van der Waals surface area contributed by atoms with Gasteiger partial charge in [0.25, 0.3) is 0 Å². The Morgan fingerprint density at radius 1 is 1.09 bits per heavy atom. The van der Waals surface area contributed by atoms with Crippen LogP contribution in [-0.4, -0.2) is 30.2 Å². The normalized spacial score (nSPS) is 11.7. The molecule has 3 rings (SSSR count). The van der Waals surface area contributed by atoms with Crippen molar-refractivity contribution in [1.82, 2.24) is 9.97 Å². The van der Waals surface area contributed by atoms with Crippen LogP contribution in [0, 0.1) is 0 Å². The first kappa shape index (κ1) is 26.1. The van der Waals surface area contributed by atoms with E-state index in [2.05, 4.69) is 15.3 Å². The summed E-state index contributed by atoms with van der Waals surface area (Å²) in [5.41, 5.74) is 0.0193. The zero-order valence-electron chi connectivity index (χ0n) is 18.3. The van der Waals surface area contributed by atoms with Crippen LogP contribution in [0.2, 0.25) is 10.0 Å². The minimum atomic E-state index is -4.77. The highest BCUT2D eigenvalue weighted by atomic mass is 35.5. The molecule has 3 aromatic rings. The predicted octanol–water partition coefficient (Wildman–Crippen LogP) is 6.29. The van der Waals surface area contributed by atoms with Crippen molar-refractivity contribution in [1.29, 1.82) is 0 Å². The summed E-state index contributed by atoms with van der Waals surface area (Å²) in [5.74, 6) is -1.40. The van der Waals surface area contributed by atoms with Gasteiger partial charge in [-0.1, -0.05) is 47.5 Å². The first-order valence-electron chi connectivity index (χ1n) is 9.83. The summed E-state index contributed by atoms with van der Waals surface area (Å²) in [6, 6.07) is 11.7. The van der Waals surface area contributed by atoms with Crippen LogP contribution < -0.4 is 10.1 Å². The van der Waals surface area contributed by atoms with E-state index in [4.69, 9.17) is 37.4 Å². The van der Waals surface area contributed by atoms with Gasteiger partial charge in [-0.15, -0.1) is 0 Å². The third-order valence-corrected chi connectivity index (χ3v) is 5.04. The van der Waals surface area contributed by atoms with Crippen molar-refractivity contribution in [2.24, 2.45) is 0 Å². The fourth-order valence-electron chi connectivity index (χ4n) is 2.92. The molecule has 7 nitrogen and oxygen atoms in total. The quantitative estimate of drug-likeness (QED) is 0.209. The molecular weight excluding hydrogens is 510 g/mol. The van der Waals surface area contributed by atoms with Crippen molar-refractivity contribution in [3.63, 3.8) is 0 Å². The van der Waals surface area contributed by atoms with Crippen LogP contribution in [0.25, 0.3) is 5.57 Å². The Morgan fingerprint density at radius 3 is 2.49 bits per heavy atom. The van der Waals surface area contributed by atoms with E-state index in [-0.39, 0.29) is 34.7 Å². The van der Waals surface area contributed by atoms with Gasteiger partial charge in [0.1, 0.15) is 12.2 Å². The maximum Gasteiger partial charge on any atom is 0.433 e. The molecule has 2 aromatic carbocycles. The maximum atomic E-state index is 13.5. The number of esters is 1. The number of rotatable bonds is 8. The van der Waals surface area contributed by atoms with Crippen molar-refractivity contribution < 1.29 is 32.2 Å². The molecule has 35 heavy (non-hydrogen) atoms. The molecule has 0 atom stereocenters. The van der Waals surface area contributed by atoms with Gasteiger partial charge >= 0.3 is 12.1 Å². The minimum absolute atomic E-state index is 0.104. The van der Waals surface area contributed by atoms with Crippen LogP contribution in [0.15, 0.2) is 54.8 Å². The topological polar surface area (TPSA) is 82.6 Å². The third-order valence-electron chi connectivity index (χ3n) is 4.49. The molecule has 1 aromatic heterocycles. The molecule has 1 N–H and O–H groups in total. The molecule has 0 aliphatic carbocycles. The highest BCUT2D eigenvalue weighted by Crippen LogP contribution is 2.33. The number of hydrogen-bond donors (Lipinski definition) is 1. The number of carbonyl (C=O) groups is 1. The van der Waals surface area contributed by atoms with Crippen molar-refractivity contribution in [2.75, 3.05) is 19.5 Å². The Kier molecular flexibility index (Phi) is 8.42. The van der Waals surface area contributed by atoms with Gasteiger partial charge in [0.15, 0.2) is 5.69 Å². The monoisotopic (exact) mass is 527 g/mol. The van der Waals surface area contributed by atoms with E-state index in [1.54, 1.807) is 24.3 Å². The first-order valence-corrected chi connectivity index (χ1v) is 10.6. The fraction of sp³-hybridized carbons (Fsp3) is 0.174. The van der Waals surface area contributed by atoms with E-state index in [1.807, 2.05) is 0 Å². The number of methoxy groups -OCH3 is 2. The second-order valence-electron chi connectivity index (χ2n) is 6.87. The van der Waals surface area contributed by atoms with Gasteiger partial charge in [-0.25, -0.2) is 9.78 Å². The van der Waals surface area contributed by atoms with E-state index in [9.17, 15) is 18.0 Å². The van der Waals surface area contributed by atoms with E-state index in [0.717, 1.165) is 0 Å². The summed E-state index contributed by atoms with van der Waals surface area (Å²) in [5, 5.41) is 3.15. The van der Waals surface area contributed by atoms with Gasteiger partial charge in [0.2, 0.25) is 11.8 Å². The Labute approximate surface area is 208 Å². The van der Waals surface area contributed by atoms with Crippen molar-refractivity contribution in [2.45, 2.75) is 12.8 Å². The Morgan fingerprint density at radius 2 is 1.83 bits per heavy atom. The first-order chi connectivity index (χ1) is 16.6. The molecule has 0 aliphatic heterocycles. The number of alkyl halides is 3. The highest BCUT2D eigenvalue weighted by molar-refractivity contribution is 6.36. The van der Waals surface area contributed by atoms with Crippen molar-refractivity contribution in [3.8, 4) is 5.88 Å². The summed E-state index contributed by atoms with van der Waals surface area (Å²) in [4.78, 5) is 19.7. The summed E-state index contributed by atoms with van der Waals surface area (Å²) >= 11 is 12.0. The molecule has 1 heterocycles. The predicted molar refractivity (Wildman–Crippen MR) is 125 cm³/mol. The summed E-state index contributed by atoms with van der Waals surface area (Å²) in [6.07, 6.45) is -3.56. The lowest BCUT2D eigenvalue weighted by Gasteiger charge is -2.15. The van der Waals surface area contributed by atoms with E-state index in [1.165, 1.54) is 38.7 Å². The number of carbonyl (C=O) groups excluding carboxylic acids is 1. The lowest BCUT2D eigenvalue weighted by Crippen LogP contribution is -2.12. The van der Waals surface area contributed by atoms with E-state index < -0.39 is 17.8 Å². The number of nitrogens with one attached hydrogen (secondary N) is 1. The Bertz CT molecular complexity index is 1250. The van der Waals surface area contributed by atoms with E-state index >= 15 is 0 Å². The number of benzene rings is 2. The summed E-state index contributed by atoms with van der Waals surface area (Å²) in [6.45, 7) is -0.219. The van der Waals surface area contributed by atoms with Crippen LogP contribution in [0.5, 0.6) is 5.88 Å². The Balaban J connectivity index is 1.93. The van der Waals surface area contributed by atoms with Crippen LogP contribution in [0.1, 0.15) is 16.8 Å². The number of ether oxygens (including phenoxy) is 3. The van der Waals surface area contributed by atoms with Crippen molar-refractivity contribution in [3.05, 3.63) is 81.7 Å². The second kappa shape index (κ2) is 11.3. The average Bonchev–Trinajstić information content (AvgIpc) is 2.82. The average molecular weight is 528 g/mol. The molecule has 12 heteroatoms. The van der Waals surface area contributed by atoms with Gasteiger partial charge in [0.05, 0.1) is 31.2 Å². The molecular formula is C23H18Cl2F3N3O4. The molecule has 0 spiro atoms. The van der Waals surface area contributed by atoms with Gasteiger partial charge in [-0.2, -0.15) is 18.2 Å². The molecule has 0 fully saturated rings. The highest BCUT2D eigenvalue weighted by Gasteiger charge is 2.34. The zero-order chi connectivity index (χ0) is 25.6. The van der Waals surface area contributed by atoms with Crippen molar-refractivity contribution >= 4 is 46.4 Å². The van der Waals surface area contributed by atoms with Gasteiger partial charge in [-0.05, 0) is 29.3 Å². The van der Waals surface area contributed by atoms with Crippen LogP contribution >= 0.6 is 23.2 Å². The van der Waals surface area contributed by atoms with E-state index in [0.29, 0.717) is 22.2 Å². The van der Waals surface area contributed by atoms with Gasteiger partial charge in [-0.3, -0.25) is 0 Å². The summed E-state index contributed by atoms with van der Waals surface area (Å²) < 4.78 is 55.7. The Hall–Kier alpha value is -3.50. The molecule has 0 radical (unpaired) electrons. The van der Waals surface area contributed by atoms with Crippen LogP contribution in [0.4, 0.5) is 24.8 Å². The molecule has 0 unspecified atom stereocenters. The lowest BCUT2D eigenvalue weighted by atomic mass is 10.0. The molecule has 184 valence electrons. The number of aromatic nitrogens is 2. The third kappa shape index (κ3) is 6.77. The second-order valence-corrected chi connectivity index (χ2v) is 7.71.